The number of sulfonamides is 1. The number of hydrogen-bond acceptors (Lipinski definition) is 3. The van der Waals surface area contributed by atoms with Gasteiger partial charge in [0.1, 0.15) is 0 Å². The van der Waals surface area contributed by atoms with Crippen LogP contribution in [-0.4, -0.2) is 42.6 Å². The molecule has 0 aromatic carbocycles. The predicted molar refractivity (Wildman–Crippen MR) is 55.9 cm³/mol. The van der Waals surface area contributed by atoms with E-state index in [9.17, 15) is 13.2 Å². The van der Waals surface area contributed by atoms with Gasteiger partial charge in [-0.05, 0) is 13.3 Å². The second-order valence-corrected chi connectivity index (χ2v) is 5.86. The monoisotopic (exact) mass is 233 g/mol. The van der Waals surface area contributed by atoms with Crippen LogP contribution in [0.2, 0.25) is 0 Å². The maximum Gasteiger partial charge on any atom is 0.307 e. The van der Waals surface area contributed by atoms with Gasteiger partial charge in [0.25, 0.3) is 0 Å². The summed E-state index contributed by atoms with van der Waals surface area (Å²) in [5, 5.41) is 8.74. The summed E-state index contributed by atoms with van der Waals surface area (Å²) in [4.78, 5) is 10.7. The lowest BCUT2D eigenvalue weighted by molar-refractivity contribution is -0.141. The van der Waals surface area contributed by atoms with Gasteiger partial charge in [-0.3, -0.25) is 4.79 Å². The molecule has 1 aliphatic heterocycles. The molecule has 1 unspecified atom stereocenters. The molecular formula is C9H15NO4S. The first kappa shape index (κ1) is 12.2. The van der Waals surface area contributed by atoms with Crippen LogP contribution in [0.25, 0.3) is 0 Å². The van der Waals surface area contributed by atoms with Gasteiger partial charge in [0.15, 0.2) is 0 Å². The van der Waals surface area contributed by atoms with Gasteiger partial charge in [0, 0.05) is 13.1 Å². The molecule has 1 aliphatic rings. The average molecular weight is 233 g/mol. The van der Waals surface area contributed by atoms with Crippen molar-refractivity contribution in [3.8, 4) is 0 Å². The summed E-state index contributed by atoms with van der Waals surface area (Å²) in [6.45, 7) is 5.57. The third-order valence-electron chi connectivity index (χ3n) is 2.32. The summed E-state index contributed by atoms with van der Waals surface area (Å²) in [6.07, 6.45) is 0.394. The van der Waals surface area contributed by atoms with E-state index in [2.05, 4.69) is 6.58 Å². The minimum absolute atomic E-state index is 0.0882. The van der Waals surface area contributed by atoms with Gasteiger partial charge < -0.3 is 5.11 Å². The lowest BCUT2D eigenvalue weighted by Crippen LogP contribution is -2.32. The summed E-state index contributed by atoms with van der Waals surface area (Å²) in [5.74, 6) is -1.59. The highest BCUT2D eigenvalue weighted by Gasteiger charge is 2.34. The number of rotatable bonds is 4. The Balaban J connectivity index is 2.68. The van der Waals surface area contributed by atoms with E-state index >= 15 is 0 Å². The molecule has 0 amide bonds. The zero-order chi connectivity index (χ0) is 11.6. The Hall–Kier alpha value is -0.880. The molecule has 6 heteroatoms. The van der Waals surface area contributed by atoms with Gasteiger partial charge in [0.05, 0.1) is 11.7 Å². The quantitative estimate of drug-likeness (QED) is 0.709. The van der Waals surface area contributed by atoms with E-state index in [1.807, 2.05) is 0 Å². The third kappa shape index (κ3) is 3.04. The Morgan fingerprint density at radius 2 is 2.20 bits per heavy atom. The Morgan fingerprint density at radius 1 is 1.60 bits per heavy atom. The maximum absolute atomic E-state index is 11.7. The molecule has 0 radical (unpaired) electrons. The molecule has 1 fully saturated rings. The number of hydrogen-bond donors (Lipinski definition) is 1. The van der Waals surface area contributed by atoms with Crippen LogP contribution in [-0.2, 0) is 14.8 Å². The van der Waals surface area contributed by atoms with Crippen LogP contribution in [0.5, 0.6) is 0 Å². The summed E-state index contributed by atoms with van der Waals surface area (Å²) in [5.41, 5.74) is 0.564. The minimum Gasteiger partial charge on any atom is -0.481 e. The molecule has 1 saturated heterocycles. The number of nitrogens with zero attached hydrogens (tertiary/aromatic N) is 1. The molecule has 1 rings (SSSR count). The van der Waals surface area contributed by atoms with Crippen molar-refractivity contribution in [2.24, 2.45) is 5.92 Å². The standard InChI is InChI=1S/C9H15NO4S/c1-7(2)6-15(13,14)10-4-3-8(5-10)9(11)12/h8H,1,3-6H2,2H3,(H,11,12). The Kier molecular flexibility index (Phi) is 3.51. The topological polar surface area (TPSA) is 74.7 Å². The summed E-state index contributed by atoms with van der Waals surface area (Å²) < 4.78 is 24.6. The van der Waals surface area contributed by atoms with E-state index in [4.69, 9.17) is 5.11 Å². The van der Waals surface area contributed by atoms with Crippen LogP contribution in [0.15, 0.2) is 12.2 Å². The fraction of sp³-hybridized carbons (Fsp3) is 0.667. The molecule has 1 atom stereocenters. The van der Waals surface area contributed by atoms with Crippen molar-refractivity contribution in [3.05, 3.63) is 12.2 Å². The molecule has 86 valence electrons. The van der Waals surface area contributed by atoms with Crippen molar-refractivity contribution in [3.63, 3.8) is 0 Å². The predicted octanol–water partition coefficient (Wildman–Crippen LogP) is 0.299. The maximum atomic E-state index is 11.7. The fourth-order valence-corrected chi connectivity index (χ4v) is 3.18. The summed E-state index contributed by atoms with van der Waals surface area (Å²) in [6, 6.07) is 0. The first-order valence-electron chi connectivity index (χ1n) is 4.68. The van der Waals surface area contributed by atoms with Crippen LogP contribution in [0.1, 0.15) is 13.3 Å². The van der Waals surface area contributed by atoms with Gasteiger partial charge in [-0.2, -0.15) is 0 Å². The highest BCUT2D eigenvalue weighted by atomic mass is 32.2. The number of carboxylic acids is 1. The first-order valence-corrected chi connectivity index (χ1v) is 6.29. The third-order valence-corrected chi connectivity index (χ3v) is 4.30. The van der Waals surface area contributed by atoms with Crippen molar-refractivity contribution in [2.75, 3.05) is 18.8 Å². The zero-order valence-electron chi connectivity index (χ0n) is 8.64. The second kappa shape index (κ2) is 4.32. The average Bonchev–Trinajstić information content (AvgIpc) is 2.48. The zero-order valence-corrected chi connectivity index (χ0v) is 9.46. The lowest BCUT2D eigenvalue weighted by Gasteiger charge is -2.15. The van der Waals surface area contributed by atoms with E-state index in [-0.39, 0.29) is 12.3 Å². The lowest BCUT2D eigenvalue weighted by atomic mass is 10.1. The minimum atomic E-state index is -3.36. The van der Waals surface area contributed by atoms with Crippen LogP contribution in [0.4, 0.5) is 0 Å². The molecule has 0 saturated carbocycles. The van der Waals surface area contributed by atoms with Gasteiger partial charge >= 0.3 is 5.97 Å². The van der Waals surface area contributed by atoms with Crippen LogP contribution in [0.3, 0.4) is 0 Å². The van der Waals surface area contributed by atoms with E-state index in [0.29, 0.717) is 18.5 Å². The number of aliphatic carboxylic acids is 1. The highest BCUT2D eigenvalue weighted by Crippen LogP contribution is 2.20. The van der Waals surface area contributed by atoms with E-state index < -0.39 is 21.9 Å². The van der Waals surface area contributed by atoms with Crippen molar-refractivity contribution in [1.29, 1.82) is 0 Å². The molecular weight excluding hydrogens is 218 g/mol. The van der Waals surface area contributed by atoms with Gasteiger partial charge in [-0.25, -0.2) is 12.7 Å². The van der Waals surface area contributed by atoms with E-state index in [0.717, 1.165) is 0 Å². The molecule has 1 heterocycles. The summed E-state index contributed by atoms with van der Waals surface area (Å²) >= 11 is 0. The SMILES string of the molecule is C=C(C)CS(=O)(=O)N1CCC(C(=O)O)C1. The Labute approximate surface area is 89.4 Å². The first-order chi connectivity index (χ1) is 6.83. The van der Waals surface area contributed by atoms with E-state index in [1.54, 1.807) is 6.92 Å². The molecule has 0 aromatic rings. The van der Waals surface area contributed by atoms with Crippen molar-refractivity contribution in [1.82, 2.24) is 4.31 Å². The normalized spacial score (nSPS) is 22.9. The fourth-order valence-electron chi connectivity index (χ4n) is 1.59. The van der Waals surface area contributed by atoms with Gasteiger partial charge in [0.2, 0.25) is 10.0 Å². The van der Waals surface area contributed by atoms with E-state index in [1.165, 1.54) is 4.31 Å². The Morgan fingerprint density at radius 3 is 2.60 bits per heavy atom. The number of carbonyl (C=O) groups is 1. The van der Waals surface area contributed by atoms with Crippen LogP contribution >= 0.6 is 0 Å². The molecule has 15 heavy (non-hydrogen) atoms. The largest absolute Gasteiger partial charge is 0.481 e. The van der Waals surface area contributed by atoms with Gasteiger partial charge in [-0.15, -0.1) is 0 Å². The molecule has 0 aliphatic carbocycles. The van der Waals surface area contributed by atoms with Crippen molar-refractivity contribution in [2.45, 2.75) is 13.3 Å². The molecule has 5 nitrogen and oxygen atoms in total. The molecule has 0 aromatic heterocycles. The highest BCUT2D eigenvalue weighted by molar-refractivity contribution is 7.89. The van der Waals surface area contributed by atoms with Crippen molar-refractivity contribution < 1.29 is 18.3 Å². The Bertz CT molecular complexity index is 374. The van der Waals surface area contributed by atoms with Crippen molar-refractivity contribution >= 4 is 16.0 Å². The second-order valence-electron chi connectivity index (χ2n) is 3.90. The summed E-state index contributed by atoms with van der Waals surface area (Å²) in [7, 11) is -3.36. The molecule has 1 N–H and O–H groups in total. The van der Waals surface area contributed by atoms with Crippen LogP contribution in [0, 0.1) is 5.92 Å². The van der Waals surface area contributed by atoms with Gasteiger partial charge in [-0.1, -0.05) is 12.2 Å². The number of carboxylic acid groups (broad SMARTS) is 1. The van der Waals surface area contributed by atoms with Crippen LogP contribution < -0.4 is 0 Å². The smallest absolute Gasteiger partial charge is 0.307 e. The molecule has 0 bridgehead atoms. The molecule has 0 spiro atoms.